The number of nitrogens with zero attached hydrogens (tertiary/aromatic N) is 2. The van der Waals surface area contributed by atoms with Crippen LogP contribution in [0.4, 0.5) is 5.69 Å². The summed E-state index contributed by atoms with van der Waals surface area (Å²) in [5.74, 6) is 0.910. The van der Waals surface area contributed by atoms with Crippen molar-refractivity contribution in [3.63, 3.8) is 0 Å². The second kappa shape index (κ2) is 6.93. The van der Waals surface area contributed by atoms with Gasteiger partial charge < -0.3 is 5.11 Å². The summed E-state index contributed by atoms with van der Waals surface area (Å²) in [6.45, 7) is 0.612. The number of phenolic OH excluding ortho intramolecular Hbond substituents is 1. The molecule has 0 spiro atoms. The molecule has 3 nitrogen and oxygen atoms in total. The first kappa shape index (κ1) is 15.0. The summed E-state index contributed by atoms with van der Waals surface area (Å²) in [7, 11) is 0. The average Bonchev–Trinajstić information content (AvgIpc) is 2.72. The number of aromatic hydroxyl groups is 1. The summed E-state index contributed by atoms with van der Waals surface area (Å²) < 4.78 is 0. The van der Waals surface area contributed by atoms with Crippen LogP contribution in [0.25, 0.3) is 0 Å². The average molecular weight is 315 g/mol. The molecule has 22 heavy (non-hydrogen) atoms. The summed E-state index contributed by atoms with van der Waals surface area (Å²) >= 11 is 5.73. The first-order valence-corrected chi connectivity index (χ1v) is 8.21. The third-order valence-corrected chi connectivity index (χ3v) is 4.23. The number of hydrogen-bond acceptors (Lipinski definition) is 3. The van der Waals surface area contributed by atoms with E-state index in [9.17, 15) is 5.11 Å². The van der Waals surface area contributed by atoms with Crippen molar-refractivity contribution in [1.29, 1.82) is 0 Å². The molecule has 1 heterocycles. The van der Waals surface area contributed by atoms with Gasteiger partial charge in [0.2, 0.25) is 0 Å². The zero-order valence-electron chi connectivity index (χ0n) is 12.4. The molecule has 0 saturated heterocycles. The van der Waals surface area contributed by atoms with Crippen LogP contribution in [0.3, 0.4) is 0 Å². The van der Waals surface area contributed by atoms with Crippen LogP contribution in [0.1, 0.15) is 30.4 Å². The normalized spacial score (nSPS) is 12.6. The molecule has 1 N–H and O–H groups in total. The fourth-order valence-corrected chi connectivity index (χ4v) is 2.96. The van der Waals surface area contributed by atoms with E-state index >= 15 is 0 Å². The lowest BCUT2D eigenvalue weighted by molar-refractivity contribution is 0.467. The number of aryl methyl sites for hydroxylation is 1. The van der Waals surface area contributed by atoms with Crippen molar-refractivity contribution in [3.05, 3.63) is 58.2 Å². The number of alkyl halides is 1. The Bertz CT molecular complexity index is 786. The van der Waals surface area contributed by atoms with Gasteiger partial charge in [0.05, 0.1) is 17.6 Å². The highest BCUT2D eigenvalue weighted by atomic mass is 35.5. The smallest absolute Gasteiger partial charge is 0.143 e. The number of para-hydroxylation sites is 1. The van der Waals surface area contributed by atoms with E-state index in [0.29, 0.717) is 11.9 Å². The van der Waals surface area contributed by atoms with E-state index in [-0.39, 0.29) is 5.75 Å². The van der Waals surface area contributed by atoms with E-state index in [1.54, 1.807) is 12.1 Å². The molecular weight excluding hydrogens is 296 g/mol. The summed E-state index contributed by atoms with van der Waals surface area (Å²) in [6, 6.07) is 11.5. The SMILES string of the molecule is Oc1cccc2c1=Nc1cccc(CCCCCCl)c1CN=2. The minimum absolute atomic E-state index is 0.182. The minimum atomic E-state index is 0.182. The van der Waals surface area contributed by atoms with Crippen LogP contribution in [0.2, 0.25) is 0 Å². The van der Waals surface area contributed by atoms with Crippen LogP contribution in [0, 0.1) is 0 Å². The van der Waals surface area contributed by atoms with E-state index in [1.807, 2.05) is 18.2 Å². The third-order valence-electron chi connectivity index (χ3n) is 3.96. The van der Waals surface area contributed by atoms with Crippen LogP contribution in [-0.2, 0) is 13.0 Å². The molecule has 0 aromatic heterocycles. The maximum atomic E-state index is 10.0. The Balaban J connectivity index is 1.96. The Morgan fingerprint density at radius 3 is 2.77 bits per heavy atom. The van der Waals surface area contributed by atoms with Gasteiger partial charge in [-0.05, 0) is 43.0 Å². The Morgan fingerprint density at radius 2 is 1.91 bits per heavy atom. The highest BCUT2D eigenvalue weighted by Crippen LogP contribution is 2.26. The molecule has 3 rings (SSSR count). The standard InChI is InChI=1S/C18H19ClN2O/c19-11-3-1-2-6-13-7-4-8-15-14(13)12-20-16-9-5-10-17(22)18(16)21-15/h4-5,7-10,22H,1-3,6,11-12H2. The Kier molecular flexibility index (Phi) is 4.74. The van der Waals surface area contributed by atoms with Gasteiger partial charge >= 0.3 is 0 Å². The number of rotatable bonds is 5. The summed E-state index contributed by atoms with van der Waals surface area (Å²) in [5.41, 5.74) is 3.38. The number of fused-ring (bicyclic) bond motifs is 2. The van der Waals surface area contributed by atoms with Gasteiger partial charge in [0.1, 0.15) is 11.1 Å². The molecule has 0 bridgehead atoms. The molecule has 114 valence electrons. The lowest BCUT2D eigenvalue weighted by Crippen LogP contribution is -2.24. The van der Waals surface area contributed by atoms with Crippen molar-refractivity contribution in [2.75, 3.05) is 5.88 Å². The predicted molar refractivity (Wildman–Crippen MR) is 88.5 cm³/mol. The molecule has 0 saturated carbocycles. The van der Waals surface area contributed by atoms with Crippen molar-refractivity contribution in [2.45, 2.75) is 32.2 Å². The van der Waals surface area contributed by atoms with E-state index < -0.39 is 0 Å². The highest BCUT2D eigenvalue weighted by Gasteiger charge is 2.11. The van der Waals surface area contributed by atoms with E-state index in [0.717, 1.165) is 42.6 Å². The Morgan fingerprint density at radius 1 is 1.05 bits per heavy atom. The van der Waals surface area contributed by atoms with Gasteiger partial charge in [0.25, 0.3) is 0 Å². The summed E-state index contributed by atoms with van der Waals surface area (Å²) in [6.07, 6.45) is 4.35. The first-order chi connectivity index (χ1) is 10.8. The van der Waals surface area contributed by atoms with Gasteiger partial charge in [0, 0.05) is 11.4 Å². The van der Waals surface area contributed by atoms with Gasteiger partial charge in [-0.15, -0.1) is 11.6 Å². The van der Waals surface area contributed by atoms with Gasteiger partial charge in [0.15, 0.2) is 0 Å². The lowest BCUT2D eigenvalue weighted by Gasteiger charge is -2.09. The zero-order chi connectivity index (χ0) is 15.4. The van der Waals surface area contributed by atoms with Crippen molar-refractivity contribution >= 4 is 17.3 Å². The van der Waals surface area contributed by atoms with Crippen LogP contribution in [-0.4, -0.2) is 11.0 Å². The van der Waals surface area contributed by atoms with Gasteiger partial charge in [-0.3, -0.25) is 4.99 Å². The fourth-order valence-electron chi connectivity index (χ4n) is 2.78. The van der Waals surface area contributed by atoms with Crippen LogP contribution in [0.5, 0.6) is 5.75 Å². The van der Waals surface area contributed by atoms with Crippen molar-refractivity contribution < 1.29 is 5.11 Å². The van der Waals surface area contributed by atoms with Crippen LogP contribution < -0.4 is 10.7 Å². The number of unbranched alkanes of at least 4 members (excludes halogenated alkanes) is 2. The van der Waals surface area contributed by atoms with Gasteiger partial charge in [-0.2, -0.15) is 0 Å². The molecule has 0 amide bonds. The minimum Gasteiger partial charge on any atom is -0.506 e. The van der Waals surface area contributed by atoms with Crippen molar-refractivity contribution in [1.82, 2.24) is 0 Å². The summed E-state index contributed by atoms with van der Waals surface area (Å²) in [4.78, 5) is 9.26. The number of benzene rings is 2. The molecular formula is C18H19ClN2O. The molecule has 0 radical (unpaired) electrons. The maximum absolute atomic E-state index is 10.0. The molecule has 0 aliphatic carbocycles. The molecule has 0 fully saturated rings. The summed E-state index contributed by atoms with van der Waals surface area (Å²) in [5, 5.41) is 11.3. The molecule has 2 aromatic rings. The fraction of sp³-hybridized carbons (Fsp3) is 0.333. The predicted octanol–water partition coefficient (Wildman–Crippen LogP) is 3.43. The lowest BCUT2D eigenvalue weighted by atomic mass is 10.00. The van der Waals surface area contributed by atoms with Crippen molar-refractivity contribution in [2.24, 2.45) is 9.98 Å². The molecule has 2 aromatic carbocycles. The second-order valence-corrected chi connectivity index (χ2v) is 5.87. The Labute approximate surface area is 135 Å². The maximum Gasteiger partial charge on any atom is 0.143 e. The van der Waals surface area contributed by atoms with E-state index in [4.69, 9.17) is 11.6 Å². The van der Waals surface area contributed by atoms with Crippen LogP contribution >= 0.6 is 11.6 Å². The Hall–Kier alpha value is -1.87. The van der Waals surface area contributed by atoms with Gasteiger partial charge in [-0.1, -0.05) is 24.6 Å². The molecule has 1 aliphatic rings. The number of hydrogen-bond donors (Lipinski definition) is 1. The zero-order valence-corrected chi connectivity index (χ0v) is 13.2. The van der Waals surface area contributed by atoms with E-state index in [1.165, 1.54) is 11.1 Å². The molecule has 0 atom stereocenters. The third kappa shape index (κ3) is 3.14. The topological polar surface area (TPSA) is 45.0 Å². The monoisotopic (exact) mass is 314 g/mol. The largest absolute Gasteiger partial charge is 0.506 e. The highest BCUT2D eigenvalue weighted by molar-refractivity contribution is 6.17. The van der Waals surface area contributed by atoms with Gasteiger partial charge in [-0.25, -0.2) is 4.99 Å². The molecule has 1 aliphatic heterocycles. The van der Waals surface area contributed by atoms with Crippen LogP contribution in [0.15, 0.2) is 46.4 Å². The second-order valence-electron chi connectivity index (χ2n) is 5.49. The number of halogens is 1. The van der Waals surface area contributed by atoms with E-state index in [2.05, 4.69) is 16.1 Å². The molecule has 0 unspecified atom stereocenters. The first-order valence-electron chi connectivity index (χ1n) is 7.67. The quantitative estimate of drug-likeness (QED) is 0.667. The number of phenols is 1. The molecule has 4 heteroatoms. The van der Waals surface area contributed by atoms with Crippen molar-refractivity contribution in [3.8, 4) is 5.75 Å².